The molecule has 2 aromatic rings. The molecular formula is C21H23FN2O4. The van der Waals surface area contributed by atoms with Crippen LogP contribution in [0.4, 0.5) is 10.1 Å². The first-order valence-corrected chi connectivity index (χ1v) is 8.97. The number of benzene rings is 2. The second kappa shape index (κ2) is 10.2. The molecule has 0 bridgehead atoms. The molecule has 2 aromatic carbocycles. The van der Waals surface area contributed by atoms with Gasteiger partial charge in [-0.2, -0.15) is 0 Å². The van der Waals surface area contributed by atoms with Crippen molar-refractivity contribution in [3.63, 3.8) is 0 Å². The van der Waals surface area contributed by atoms with Crippen LogP contribution in [0.3, 0.4) is 0 Å². The van der Waals surface area contributed by atoms with Crippen LogP contribution in [-0.2, 0) is 20.7 Å². The highest BCUT2D eigenvalue weighted by Gasteiger charge is 2.17. The van der Waals surface area contributed by atoms with Gasteiger partial charge in [0.15, 0.2) is 0 Å². The summed E-state index contributed by atoms with van der Waals surface area (Å²) in [7, 11) is 0. The van der Waals surface area contributed by atoms with Gasteiger partial charge in [-0.3, -0.25) is 9.59 Å². The lowest BCUT2D eigenvalue weighted by molar-refractivity contribution is -0.132. The highest BCUT2D eigenvalue weighted by molar-refractivity contribution is 6.02. The Bertz CT molecular complexity index is 854. The lowest BCUT2D eigenvalue weighted by Gasteiger charge is -2.21. The van der Waals surface area contributed by atoms with Crippen molar-refractivity contribution < 1.29 is 23.5 Å². The first-order chi connectivity index (χ1) is 13.4. The smallest absolute Gasteiger partial charge is 0.340 e. The van der Waals surface area contributed by atoms with Crippen molar-refractivity contribution in [1.29, 1.82) is 0 Å². The maximum absolute atomic E-state index is 13.7. The van der Waals surface area contributed by atoms with Crippen LogP contribution in [-0.4, -0.2) is 42.4 Å². The van der Waals surface area contributed by atoms with E-state index in [-0.39, 0.29) is 37.0 Å². The number of hydrogen-bond donors (Lipinski definition) is 1. The molecule has 6 nitrogen and oxygen atoms in total. The fraction of sp³-hybridized carbons (Fsp3) is 0.286. The average Bonchev–Trinajstić information content (AvgIpc) is 2.66. The molecule has 0 unspecified atom stereocenters. The lowest BCUT2D eigenvalue weighted by Crippen LogP contribution is -2.38. The molecule has 0 aromatic heterocycles. The second-order valence-corrected chi connectivity index (χ2v) is 6.10. The molecule has 0 fully saturated rings. The van der Waals surface area contributed by atoms with Crippen LogP contribution in [0.15, 0.2) is 48.5 Å². The Hall–Kier alpha value is -3.22. The van der Waals surface area contributed by atoms with Crippen molar-refractivity contribution in [3.8, 4) is 0 Å². The van der Waals surface area contributed by atoms with Crippen LogP contribution in [0.5, 0.6) is 0 Å². The van der Waals surface area contributed by atoms with Gasteiger partial charge in [0, 0.05) is 13.5 Å². The summed E-state index contributed by atoms with van der Waals surface area (Å²) >= 11 is 0. The highest BCUT2D eigenvalue weighted by Crippen LogP contribution is 2.16. The van der Waals surface area contributed by atoms with E-state index in [9.17, 15) is 18.8 Å². The van der Waals surface area contributed by atoms with Crippen LogP contribution < -0.4 is 5.32 Å². The number of anilines is 1. The number of carbonyl (C=O) groups excluding carboxylic acids is 3. The summed E-state index contributed by atoms with van der Waals surface area (Å²) in [4.78, 5) is 37.6. The Morgan fingerprint density at radius 2 is 1.75 bits per heavy atom. The zero-order valence-corrected chi connectivity index (χ0v) is 15.9. The molecule has 0 aliphatic carbocycles. The van der Waals surface area contributed by atoms with E-state index in [1.165, 1.54) is 17.9 Å². The van der Waals surface area contributed by atoms with Gasteiger partial charge in [0.1, 0.15) is 5.82 Å². The summed E-state index contributed by atoms with van der Waals surface area (Å²) < 4.78 is 18.7. The molecule has 7 heteroatoms. The molecule has 0 aliphatic rings. The molecule has 0 saturated carbocycles. The number of esters is 1. The minimum absolute atomic E-state index is 0.198. The number of amides is 2. The van der Waals surface area contributed by atoms with Gasteiger partial charge in [-0.1, -0.05) is 30.3 Å². The van der Waals surface area contributed by atoms with E-state index in [0.717, 1.165) is 0 Å². The van der Waals surface area contributed by atoms with E-state index < -0.39 is 11.9 Å². The fourth-order valence-electron chi connectivity index (χ4n) is 2.65. The normalized spacial score (nSPS) is 10.2. The van der Waals surface area contributed by atoms with E-state index in [1.807, 2.05) is 0 Å². The summed E-state index contributed by atoms with van der Waals surface area (Å²) in [5, 5.41) is 2.64. The zero-order chi connectivity index (χ0) is 20.5. The molecule has 0 aliphatic heterocycles. The predicted octanol–water partition coefficient (Wildman–Crippen LogP) is 3.03. The Labute approximate surface area is 163 Å². The summed E-state index contributed by atoms with van der Waals surface area (Å²) in [6, 6.07) is 12.8. The maximum atomic E-state index is 13.7. The molecule has 148 valence electrons. The largest absolute Gasteiger partial charge is 0.462 e. The van der Waals surface area contributed by atoms with Crippen molar-refractivity contribution >= 4 is 23.5 Å². The van der Waals surface area contributed by atoms with Crippen LogP contribution in [0, 0.1) is 5.82 Å². The number of carbonyl (C=O) groups is 3. The van der Waals surface area contributed by atoms with Crippen LogP contribution >= 0.6 is 0 Å². The summed E-state index contributed by atoms with van der Waals surface area (Å²) in [5.74, 6) is -1.65. The average molecular weight is 386 g/mol. The minimum atomic E-state index is -0.540. The van der Waals surface area contributed by atoms with E-state index in [0.29, 0.717) is 17.7 Å². The minimum Gasteiger partial charge on any atom is -0.462 e. The van der Waals surface area contributed by atoms with Gasteiger partial charge in [-0.05, 0) is 37.1 Å². The standard InChI is InChI=1S/C21H23FN2O4/c1-3-28-21(27)17-9-5-7-11-19(17)23-20(26)14-24(15(2)25)13-12-16-8-4-6-10-18(16)22/h4-11H,3,12-14H2,1-2H3,(H,23,26). The van der Waals surface area contributed by atoms with Gasteiger partial charge in [0.05, 0.1) is 24.4 Å². The Morgan fingerprint density at radius 3 is 2.43 bits per heavy atom. The van der Waals surface area contributed by atoms with Crippen LogP contribution in [0.2, 0.25) is 0 Å². The molecular weight excluding hydrogens is 363 g/mol. The third-order valence-electron chi connectivity index (χ3n) is 4.09. The van der Waals surface area contributed by atoms with Crippen molar-refractivity contribution in [3.05, 3.63) is 65.5 Å². The summed E-state index contributed by atoms with van der Waals surface area (Å²) in [6.45, 7) is 3.25. The number of nitrogens with zero attached hydrogens (tertiary/aromatic N) is 1. The Morgan fingerprint density at radius 1 is 1.07 bits per heavy atom. The molecule has 0 saturated heterocycles. The van der Waals surface area contributed by atoms with Gasteiger partial charge in [0.25, 0.3) is 0 Å². The van der Waals surface area contributed by atoms with Crippen LogP contribution in [0.25, 0.3) is 0 Å². The number of hydrogen-bond acceptors (Lipinski definition) is 4. The van der Waals surface area contributed by atoms with Gasteiger partial charge >= 0.3 is 5.97 Å². The fourth-order valence-corrected chi connectivity index (χ4v) is 2.65. The molecule has 0 radical (unpaired) electrons. The zero-order valence-electron chi connectivity index (χ0n) is 15.9. The van der Waals surface area contributed by atoms with Crippen molar-refractivity contribution in [2.75, 3.05) is 25.0 Å². The Balaban J connectivity index is 2.02. The molecule has 0 atom stereocenters. The monoisotopic (exact) mass is 386 g/mol. The maximum Gasteiger partial charge on any atom is 0.340 e. The predicted molar refractivity (Wildman–Crippen MR) is 103 cm³/mol. The third kappa shape index (κ3) is 5.90. The van der Waals surface area contributed by atoms with E-state index in [4.69, 9.17) is 4.74 Å². The topological polar surface area (TPSA) is 75.7 Å². The van der Waals surface area contributed by atoms with Gasteiger partial charge < -0.3 is 15.0 Å². The number of halogens is 1. The SMILES string of the molecule is CCOC(=O)c1ccccc1NC(=O)CN(CCc1ccccc1F)C(C)=O. The van der Waals surface area contributed by atoms with Gasteiger partial charge in [0.2, 0.25) is 11.8 Å². The highest BCUT2D eigenvalue weighted by atomic mass is 19.1. The Kier molecular flexibility index (Phi) is 7.68. The molecule has 0 spiro atoms. The molecule has 28 heavy (non-hydrogen) atoms. The number of nitrogens with one attached hydrogen (secondary N) is 1. The van der Waals surface area contributed by atoms with Crippen LogP contribution in [0.1, 0.15) is 29.8 Å². The van der Waals surface area contributed by atoms with Gasteiger partial charge in [-0.25, -0.2) is 9.18 Å². The third-order valence-corrected chi connectivity index (χ3v) is 4.09. The summed E-state index contributed by atoms with van der Waals surface area (Å²) in [5.41, 5.74) is 1.02. The van der Waals surface area contributed by atoms with Crippen molar-refractivity contribution in [1.82, 2.24) is 4.90 Å². The quantitative estimate of drug-likeness (QED) is 0.708. The lowest BCUT2D eigenvalue weighted by atomic mass is 10.1. The first-order valence-electron chi connectivity index (χ1n) is 8.97. The first kappa shape index (κ1) is 21.1. The number of para-hydroxylation sites is 1. The molecule has 1 N–H and O–H groups in total. The molecule has 2 amide bonds. The van der Waals surface area contributed by atoms with E-state index in [2.05, 4.69) is 5.32 Å². The number of rotatable bonds is 8. The molecule has 0 heterocycles. The molecule has 2 rings (SSSR count). The number of ether oxygens (including phenoxy) is 1. The van der Waals surface area contributed by atoms with Crippen molar-refractivity contribution in [2.45, 2.75) is 20.3 Å². The van der Waals surface area contributed by atoms with Gasteiger partial charge in [-0.15, -0.1) is 0 Å². The van der Waals surface area contributed by atoms with E-state index in [1.54, 1.807) is 49.4 Å². The summed E-state index contributed by atoms with van der Waals surface area (Å²) in [6.07, 6.45) is 0.291. The van der Waals surface area contributed by atoms with E-state index >= 15 is 0 Å². The van der Waals surface area contributed by atoms with Crippen molar-refractivity contribution in [2.24, 2.45) is 0 Å². The second-order valence-electron chi connectivity index (χ2n) is 6.10.